The van der Waals surface area contributed by atoms with Crippen molar-refractivity contribution in [3.05, 3.63) is 46.3 Å². The monoisotopic (exact) mass is 232 g/mol. The molecule has 2 aromatic heterocycles. The smallest absolute Gasteiger partial charge is 0.126 e. The van der Waals surface area contributed by atoms with E-state index in [0.29, 0.717) is 5.92 Å². The van der Waals surface area contributed by atoms with Crippen molar-refractivity contribution in [3.63, 3.8) is 0 Å². The van der Waals surface area contributed by atoms with Gasteiger partial charge in [0.05, 0.1) is 0 Å². The number of anilines is 1. The number of hydrogen-bond donors (Lipinski definition) is 1. The van der Waals surface area contributed by atoms with Crippen LogP contribution < -0.4 is 5.32 Å². The van der Waals surface area contributed by atoms with Crippen LogP contribution >= 0.6 is 11.3 Å². The molecule has 0 aliphatic rings. The lowest BCUT2D eigenvalue weighted by Crippen LogP contribution is -2.09. The molecule has 0 saturated carbocycles. The number of aromatic nitrogens is 1. The Labute approximate surface area is 100 Å². The number of aryl methyl sites for hydroxylation is 1. The summed E-state index contributed by atoms with van der Waals surface area (Å²) < 4.78 is 0. The average molecular weight is 232 g/mol. The van der Waals surface area contributed by atoms with Gasteiger partial charge < -0.3 is 5.32 Å². The van der Waals surface area contributed by atoms with E-state index in [1.54, 1.807) is 0 Å². The zero-order valence-corrected chi connectivity index (χ0v) is 10.4. The number of hydrogen-bond acceptors (Lipinski definition) is 3. The Kier molecular flexibility index (Phi) is 3.57. The maximum Gasteiger partial charge on any atom is 0.126 e. The van der Waals surface area contributed by atoms with Crippen molar-refractivity contribution in [1.29, 1.82) is 0 Å². The normalized spacial score (nSPS) is 12.4. The Morgan fingerprint density at radius 2 is 2.19 bits per heavy atom. The van der Waals surface area contributed by atoms with Gasteiger partial charge in [-0.3, -0.25) is 0 Å². The molecule has 1 atom stereocenters. The van der Waals surface area contributed by atoms with Crippen molar-refractivity contribution in [2.75, 3.05) is 11.9 Å². The summed E-state index contributed by atoms with van der Waals surface area (Å²) in [5, 5.41) is 5.49. The van der Waals surface area contributed by atoms with Crippen LogP contribution in [0.25, 0.3) is 0 Å². The van der Waals surface area contributed by atoms with Gasteiger partial charge >= 0.3 is 0 Å². The van der Waals surface area contributed by atoms with Gasteiger partial charge in [-0.2, -0.15) is 0 Å². The lowest BCUT2D eigenvalue weighted by atomic mass is 10.1. The molecule has 16 heavy (non-hydrogen) atoms. The Morgan fingerprint density at radius 1 is 1.31 bits per heavy atom. The van der Waals surface area contributed by atoms with Gasteiger partial charge in [-0.25, -0.2) is 4.98 Å². The fraction of sp³-hybridized carbons (Fsp3) is 0.308. The first kappa shape index (κ1) is 11.1. The molecule has 2 aromatic rings. The first-order valence-electron chi connectivity index (χ1n) is 5.46. The topological polar surface area (TPSA) is 24.9 Å². The summed E-state index contributed by atoms with van der Waals surface area (Å²) in [7, 11) is 0. The SMILES string of the molecule is Cc1cccc(NCC(C)c2cccs2)n1. The van der Waals surface area contributed by atoms with E-state index >= 15 is 0 Å². The standard InChI is InChI=1S/C13H16N2S/c1-10(12-6-4-8-16-12)9-14-13-7-3-5-11(2)15-13/h3-8,10H,9H2,1-2H3,(H,14,15). The van der Waals surface area contributed by atoms with Crippen LogP contribution in [0.5, 0.6) is 0 Å². The summed E-state index contributed by atoms with van der Waals surface area (Å²) in [5.41, 5.74) is 1.05. The van der Waals surface area contributed by atoms with Gasteiger partial charge in [0.1, 0.15) is 5.82 Å². The third kappa shape index (κ3) is 2.83. The largest absolute Gasteiger partial charge is 0.369 e. The second-order valence-electron chi connectivity index (χ2n) is 3.96. The number of thiophene rings is 1. The molecule has 1 N–H and O–H groups in total. The van der Waals surface area contributed by atoms with Gasteiger partial charge in [-0.15, -0.1) is 11.3 Å². The van der Waals surface area contributed by atoms with Gasteiger partial charge in [0.25, 0.3) is 0 Å². The van der Waals surface area contributed by atoms with Crippen LogP contribution in [0.15, 0.2) is 35.7 Å². The van der Waals surface area contributed by atoms with Gasteiger partial charge in [0.2, 0.25) is 0 Å². The van der Waals surface area contributed by atoms with Gasteiger partial charge in [0.15, 0.2) is 0 Å². The summed E-state index contributed by atoms with van der Waals surface area (Å²) in [6.07, 6.45) is 0. The summed E-state index contributed by atoms with van der Waals surface area (Å²) in [4.78, 5) is 5.84. The first-order chi connectivity index (χ1) is 7.75. The summed E-state index contributed by atoms with van der Waals surface area (Å²) in [5.74, 6) is 1.49. The van der Waals surface area contributed by atoms with Crippen LogP contribution in [0.2, 0.25) is 0 Å². The van der Waals surface area contributed by atoms with Crippen LogP contribution in [0.4, 0.5) is 5.82 Å². The summed E-state index contributed by atoms with van der Waals surface area (Å²) in [6.45, 7) is 5.17. The molecular formula is C13H16N2S. The third-order valence-corrected chi connectivity index (χ3v) is 3.61. The van der Waals surface area contributed by atoms with Crippen LogP contribution in [0.1, 0.15) is 23.4 Å². The zero-order valence-electron chi connectivity index (χ0n) is 9.60. The fourth-order valence-corrected chi connectivity index (χ4v) is 2.36. The quantitative estimate of drug-likeness (QED) is 0.870. The van der Waals surface area contributed by atoms with E-state index < -0.39 is 0 Å². The van der Waals surface area contributed by atoms with E-state index in [9.17, 15) is 0 Å². The predicted octanol–water partition coefficient (Wildman–Crippen LogP) is 3.67. The van der Waals surface area contributed by atoms with Crippen molar-refractivity contribution >= 4 is 17.2 Å². The van der Waals surface area contributed by atoms with Gasteiger partial charge in [-0.05, 0) is 30.5 Å². The van der Waals surface area contributed by atoms with Crippen LogP contribution in [-0.2, 0) is 0 Å². The Bertz CT molecular complexity index is 437. The zero-order chi connectivity index (χ0) is 11.4. The highest BCUT2D eigenvalue weighted by Crippen LogP contribution is 2.20. The molecule has 2 nitrogen and oxygen atoms in total. The van der Waals surface area contributed by atoms with E-state index in [4.69, 9.17) is 0 Å². The molecule has 0 aromatic carbocycles. The highest BCUT2D eigenvalue weighted by molar-refractivity contribution is 7.10. The van der Waals surface area contributed by atoms with E-state index in [0.717, 1.165) is 18.1 Å². The minimum Gasteiger partial charge on any atom is -0.369 e. The van der Waals surface area contributed by atoms with Crippen molar-refractivity contribution in [3.8, 4) is 0 Å². The number of rotatable bonds is 4. The highest BCUT2D eigenvalue weighted by atomic mass is 32.1. The van der Waals surface area contributed by atoms with Gasteiger partial charge in [-0.1, -0.05) is 19.1 Å². The molecule has 0 radical (unpaired) electrons. The van der Waals surface area contributed by atoms with Crippen molar-refractivity contribution in [2.45, 2.75) is 19.8 Å². The second kappa shape index (κ2) is 5.12. The molecule has 3 heteroatoms. The van der Waals surface area contributed by atoms with Crippen molar-refractivity contribution in [2.24, 2.45) is 0 Å². The molecule has 0 fully saturated rings. The second-order valence-corrected chi connectivity index (χ2v) is 4.94. The first-order valence-corrected chi connectivity index (χ1v) is 6.34. The van der Waals surface area contributed by atoms with E-state index in [2.05, 4.69) is 34.7 Å². The Balaban J connectivity index is 1.92. The molecule has 1 unspecified atom stereocenters. The maximum absolute atomic E-state index is 4.42. The highest BCUT2D eigenvalue weighted by Gasteiger charge is 2.06. The molecule has 0 saturated heterocycles. The average Bonchev–Trinajstić information content (AvgIpc) is 2.79. The molecule has 0 aliphatic heterocycles. The van der Waals surface area contributed by atoms with E-state index in [1.165, 1.54) is 4.88 Å². The minimum absolute atomic E-state index is 0.530. The van der Waals surface area contributed by atoms with Crippen molar-refractivity contribution in [1.82, 2.24) is 4.98 Å². The molecule has 0 spiro atoms. The lowest BCUT2D eigenvalue weighted by Gasteiger charge is -2.11. The van der Waals surface area contributed by atoms with Crippen LogP contribution in [0.3, 0.4) is 0 Å². The lowest BCUT2D eigenvalue weighted by molar-refractivity contribution is 0.818. The molecule has 0 amide bonds. The van der Waals surface area contributed by atoms with Crippen LogP contribution in [0, 0.1) is 6.92 Å². The predicted molar refractivity (Wildman–Crippen MR) is 70.2 cm³/mol. The van der Waals surface area contributed by atoms with Gasteiger partial charge in [0, 0.05) is 23.0 Å². The molecule has 84 valence electrons. The van der Waals surface area contributed by atoms with Crippen molar-refractivity contribution < 1.29 is 0 Å². The maximum atomic E-state index is 4.42. The number of nitrogens with one attached hydrogen (secondary N) is 1. The summed E-state index contributed by atoms with van der Waals surface area (Å²) in [6, 6.07) is 10.3. The molecule has 2 heterocycles. The Morgan fingerprint density at radius 3 is 2.88 bits per heavy atom. The minimum atomic E-state index is 0.530. The summed E-state index contributed by atoms with van der Waals surface area (Å²) >= 11 is 1.81. The fourth-order valence-electron chi connectivity index (χ4n) is 1.57. The number of pyridine rings is 1. The van der Waals surface area contributed by atoms with E-state index in [1.807, 2.05) is 36.5 Å². The Hall–Kier alpha value is -1.35. The van der Waals surface area contributed by atoms with Crippen LogP contribution in [-0.4, -0.2) is 11.5 Å². The number of nitrogens with zero attached hydrogens (tertiary/aromatic N) is 1. The molecule has 2 rings (SSSR count). The third-order valence-electron chi connectivity index (χ3n) is 2.51. The molecular weight excluding hydrogens is 216 g/mol. The molecule has 0 aliphatic carbocycles. The van der Waals surface area contributed by atoms with E-state index in [-0.39, 0.29) is 0 Å². The molecule has 0 bridgehead atoms.